The number of imidazole rings is 1. The number of anilines is 1. The normalized spacial score (nSPS) is 10.8. The highest BCUT2D eigenvalue weighted by atomic mass is 35.5. The minimum Gasteiger partial charge on any atom is -0.369 e. The molecule has 0 aromatic carbocycles. The third-order valence-electron chi connectivity index (χ3n) is 2.31. The molecule has 3 nitrogen and oxygen atoms in total. The van der Waals surface area contributed by atoms with E-state index in [0.717, 1.165) is 18.5 Å². The fraction of sp³-hybridized carbons (Fsp3) is 0.300. The van der Waals surface area contributed by atoms with Gasteiger partial charge in [-0.1, -0.05) is 17.7 Å². The van der Waals surface area contributed by atoms with E-state index >= 15 is 0 Å². The van der Waals surface area contributed by atoms with E-state index in [4.69, 9.17) is 17.3 Å². The molecule has 0 aliphatic rings. The van der Waals surface area contributed by atoms with Crippen molar-refractivity contribution >= 4 is 28.9 Å². The summed E-state index contributed by atoms with van der Waals surface area (Å²) in [4.78, 5) is 5.57. The van der Waals surface area contributed by atoms with Crippen LogP contribution >= 0.6 is 22.9 Å². The topological polar surface area (TPSA) is 43.8 Å². The van der Waals surface area contributed by atoms with Crippen molar-refractivity contribution in [3.8, 4) is 0 Å². The number of nitrogens with zero attached hydrogens (tertiary/aromatic N) is 2. The number of thiophene rings is 1. The van der Waals surface area contributed by atoms with Gasteiger partial charge in [-0.15, -0.1) is 11.3 Å². The molecule has 2 aromatic heterocycles. The smallest absolute Gasteiger partial charge is 0.201 e. The molecule has 0 unspecified atom stereocenters. The van der Waals surface area contributed by atoms with Gasteiger partial charge >= 0.3 is 0 Å². The Bertz CT molecular complexity index is 447. The zero-order valence-electron chi connectivity index (χ0n) is 8.40. The molecule has 2 heterocycles. The van der Waals surface area contributed by atoms with Gasteiger partial charge in [-0.25, -0.2) is 4.98 Å². The SMILES string of the molecule is Cn1c(N)nc(CCc2cccs2)c1Cl. The van der Waals surface area contributed by atoms with Crippen molar-refractivity contribution in [3.63, 3.8) is 0 Å². The summed E-state index contributed by atoms with van der Waals surface area (Å²) in [6.45, 7) is 0. The molecule has 2 N–H and O–H groups in total. The second kappa shape index (κ2) is 4.24. The minimum atomic E-state index is 0.473. The van der Waals surface area contributed by atoms with E-state index in [1.807, 2.05) is 13.1 Å². The van der Waals surface area contributed by atoms with E-state index < -0.39 is 0 Å². The molecule has 0 bridgehead atoms. The summed E-state index contributed by atoms with van der Waals surface area (Å²) in [7, 11) is 1.82. The van der Waals surface area contributed by atoms with Gasteiger partial charge in [0.2, 0.25) is 5.95 Å². The molecule has 0 spiro atoms. The fourth-order valence-corrected chi connectivity index (χ4v) is 2.34. The lowest BCUT2D eigenvalue weighted by atomic mass is 10.2. The zero-order valence-corrected chi connectivity index (χ0v) is 9.98. The van der Waals surface area contributed by atoms with Gasteiger partial charge in [0, 0.05) is 11.9 Å². The van der Waals surface area contributed by atoms with Gasteiger partial charge < -0.3 is 10.3 Å². The van der Waals surface area contributed by atoms with Crippen molar-refractivity contribution in [1.29, 1.82) is 0 Å². The predicted octanol–water partition coefficient (Wildman–Crippen LogP) is 2.50. The summed E-state index contributed by atoms with van der Waals surface area (Å²) >= 11 is 7.83. The largest absolute Gasteiger partial charge is 0.369 e. The van der Waals surface area contributed by atoms with E-state index in [0.29, 0.717) is 11.1 Å². The fourth-order valence-electron chi connectivity index (χ4n) is 1.41. The average molecular weight is 242 g/mol. The lowest BCUT2D eigenvalue weighted by Crippen LogP contribution is -1.96. The number of hydrogen-bond donors (Lipinski definition) is 1. The number of rotatable bonds is 3. The van der Waals surface area contributed by atoms with Crippen LogP contribution in [-0.4, -0.2) is 9.55 Å². The van der Waals surface area contributed by atoms with Crippen LogP contribution in [0.3, 0.4) is 0 Å². The Hall–Kier alpha value is -1.00. The molecule has 80 valence electrons. The van der Waals surface area contributed by atoms with Crippen LogP contribution in [0.25, 0.3) is 0 Å². The molecule has 0 fully saturated rings. The van der Waals surface area contributed by atoms with Crippen molar-refractivity contribution in [2.45, 2.75) is 12.8 Å². The Labute approximate surface area is 97.5 Å². The van der Waals surface area contributed by atoms with E-state index in [1.165, 1.54) is 4.88 Å². The summed E-state index contributed by atoms with van der Waals surface area (Å²) in [6.07, 6.45) is 1.80. The first-order valence-corrected chi connectivity index (χ1v) is 5.93. The molecule has 2 rings (SSSR count). The number of nitrogen functional groups attached to an aromatic ring is 1. The van der Waals surface area contributed by atoms with Gasteiger partial charge in [-0.05, 0) is 24.3 Å². The van der Waals surface area contributed by atoms with Gasteiger partial charge in [-0.2, -0.15) is 0 Å². The molecule has 0 aliphatic carbocycles. The average Bonchev–Trinajstić information content (AvgIpc) is 2.80. The first-order valence-electron chi connectivity index (χ1n) is 4.67. The Kier molecular flexibility index (Phi) is 2.98. The molecular weight excluding hydrogens is 230 g/mol. The van der Waals surface area contributed by atoms with Crippen LogP contribution in [0, 0.1) is 0 Å². The highest BCUT2D eigenvalue weighted by molar-refractivity contribution is 7.09. The zero-order chi connectivity index (χ0) is 10.8. The van der Waals surface area contributed by atoms with Crippen LogP contribution in [0.2, 0.25) is 5.15 Å². The first-order chi connectivity index (χ1) is 7.18. The minimum absolute atomic E-state index is 0.473. The van der Waals surface area contributed by atoms with Crippen molar-refractivity contribution in [1.82, 2.24) is 9.55 Å². The second-order valence-corrected chi connectivity index (χ2v) is 4.74. The third-order valence-corrected chi connectivity index (χ3v) is 3.72. The Morgan fingerprint density at radius 1 is 1.53 bits per heavy atom. The maximum absolute atomic E-state index is 6.08. The molecule has 0 amide bonds. The molecule has 0 saturated carbocycles. The van der Waals surface area contributed by atoms with E-state index in [1.54, 1.807) is 15.9 Å². The van der Waals surface area contributed by atoms with Gasteiger partial charge in [0.25, 0.3) is 0 Å². The molecule has 0 saturated heterocycles. The van der Waals surface area contributed by atoms with E-state index in [9.17, 15) is 0 Å². The number of hydrogen-bond acceptors (Lipinski definition) is 3. The van der Waals surface area contributed by atoms with Crippen LogP contribution in [0.4, 0.5) is 5.95 Å². The van der Waals surface area contributed by atoms with Gasteiger partial charge in [-0.3, -0.25) is 0 Å². The maximum Gasteiger partial charge on any atom is 0.201 e. The molecule has 0 atom stereocenters. The van der Waals surface area contributed by atoms with E-state index in [-0.39, 0.29) is 0 Å². The monoisotopic (exact) mass is 241 g/mol. The Morgan fingerprint density at radius 2 is 2.33 bits per heavy atom. The molecule has 0 aliphatic heterocycles. The molecule has 2 aromatic rings. The van der Waals surface area contributed by atoms with Crippen LogP contribution in [-0.2, 0) is 19.9 Å². The molecule has 5 heteroatoms. The summed E-state index contributed by atoms with van der Waals surface area (Å²) in [5, 5.41) is 2.72. The number of halogens is 1. The van der Waals surface area contributed by atoms with Crippen LogP contribution < -0.4 is 5.73 Å². The molecule has 0 radical (unpaired) electrons. The van der Waals surface area contributed by atoms with Crippen molar-refractivity contribution in [2.75, 3.05) is 5.73 Å². The van der Waals surface area contributed by atoms with E-state index in [2.05, 4.69) is 16.4 Å². The van der Waals surface area contributed by atoms with Crippen LogP contribution in [0.5, 0.6) is 0 Å². The summed E-state index contributed by atoms with van der Waals surface area (Å²) in [5.41, 5.74) is 6.54. The predicted molar refractivity (Wildman–Crippen MR) is 64.4 cm³/mol. The standard InChI is InChI=1S/C10H12ClN3S/c1-14-9(11)8(13-10(14)12)5-4-7-3-2-6-15-7/h2-3,6H,4-5H2,1H3,(H2,12,13). The highest BCUT2D eigenvalue weighted by Crippen LogP contribution is 2.20. The Balaban J connectivity index is 2.08. The molecular formula is C10H12ClN3S. The number of aromatic nitrogens is 2. The lowest BCUT2D eigenvalue weighted by molar-refractivity contribution is 0.917. The summed E-state index contributed by atoms with van der Waals surface area (Å²) in [5.74, 6) is 0.473. The first kappa shape index (κ1) is 10.5. The van der Waals surface area contributed by atoms with Crippen molar-refractivity contribution < 1.29 is 0 Å². The van der Waals surface area contributed by atoms with Crippen LogP contribution in [0.15, 0.2) is 17.5 Å². The van der Waals surface area contributed by atoms with Crippen LogP contribution in [0.1, 0.15) is 10.6 Å². The Morgan fingerprint density at radius 3 is 2.87 bits per heavy atom. The number of nitrogens with two attached hydrogens (primary N) is 1. The second-order valence-electron chi connectivity index (χ2n) is 3.35. The molecule has 15 heavy (non-hydrogen) atoms. The number of aryl methyl sites for hydroxylation is 2. The van der Waals surface area contributed by atoms with Crippen molar-refractivity contribution in [2.24, 2.45) is 7.05 Å². The highest BCUT2D eigenvalue weighted by Gasteiger charge is 2.10. The summed E-state index contributed by atoms with van der Waals surface area (Å²) < 4.78 is 1.70. The van der Waals surface area contributed by atoms with Gasteiger partial charge in [0.15, 0.2) is 0 Å². The third kappa shape index (κ3) is 2.16. The van der Waals surface area contributed by atoms with Gasteiger partial charge in [0.05, 0.1) is 5.69 Å². The maximum atomic E-state index is 6.08. The van der Waals surface area contributed by atoms with Crippen molar-refractivity contribution in [3.05, 3.63) is 33.2 Å². The van der Waals surface area contributed by atoms with Gasteiger partial charge in [0.1, 0.15) is 5.15 Å². The lowest BCUT2D eigenvalue weighted by Gasteiger charge is -1.96. The quantitative estimate of drug-likeness (QED) is 0.898. The summed E-state index contributed by atoms with van der Waals surface area (Å²) in [6, 6.07) is 4.17.